The molecule has 15 heteroatoms. The van der Waals surface area contributed by atoms with E-state index in [0.29, 0.717) is 73.7 Å². The van der Waals surface area contributed by atoms with Gasteiger partial charge in [0.05, 0.1) is 9.79 Å². The van der Waals surface area contributed by atoms with Crippen LogP contribution < -0.4 is 14.9 Å². The summed E-state index contributed by atoms with van der Waals surface area (Å²) in [7, 11) is -7.97. The van der Waals surface area contributed by atoms with Crippen LogP contribution in [0.4, 0.5) is 0 Å². The number of benzene rings is 4. The van der Waals surface area contributed by atoms with E-state index in [1.807, 2.05) is 48.5 Å². The summed E-state index contributed by atoms with van der Waals surface area (Å²) >= 11 is 0. The Hall–Kier alpha value is -4.80. The molecule has 53 heavy (non-hydrogen) atoms. The third-order valence-electron chi connectivity index (χ3n) is 10.3. The summed E-state index contributed by atoms with van der Waals surface area (Å²) in [4.78, 5) is 24.0. The number of hydrogen-bond donors (Lipinski definition) is 5. The number of nitrogens with one attached hydrogen (secondary N) is 3. The van der Waals surface area contributed by atoms with Crippen molar-refractivity contribution in [1.82, 2.24) is 14.9 Å². The lowest BCUT2D eigenvalue weighted by atomic mass is 9.82. The minimum Gasteiger partial charge on any atom is -0.480 e. The predicted octanol–water partition coefficient (Wildman–Crippen LogP) is 6.72. The summed E-state index contributed by atoms with van der Waals surface area (Å²) < 4.78 is 68.1. The summed E-state index contributed by atoms with van der Waals surface area (Å²) in [6, 6.07) is 24.3. The molecule has 2 fully saturated rings. The van der Waals surface area contributed by atoms with Crippen molar-refractivity contribution in [2.24, 2.45) is 0 Å². The second kappa shape index (κ2) is 14.2. The van der Waals surface area contributed by atoms with Crippen LogP contribution in [0.5, 0.6) is 0 Å². The van der Waals surface area contributed by atoms with Crippen LogP contribution in [0.25, 0.3) is 43.9 Å². The van der Waals surface area contributed by atoms with Crippen molar-refractivity contribution in [3.05, 3.63) is 84.9 Å². The number of sulfonamides is 2. The molecule has 0 radical (unpaired) electrons. The zero-order chi connectivity index (χ0) is 37.4. The molecule has 0 unspecified atom stereocenters. The molecule has 2 heterocycles. The molecule has 1 amide bonds. The number of carboxylic acid groups (broad SMARTS) is 1. The van der Waals surface area contributed by atoms with Gasteiger partial charge in [0, 0.05) is 33.7 Å². The van der Waals surface area contributed by atoms with Crippen LogP contribution in [-0.2, 0) is 29.6 Å². The number of carboxylic acids is 1. The first kappa shape index (κ1) is 36.6. The first-order valence-corrected chi connectivity index (χ1v) is 20.4. The fourth-order valence-corrected chi connectivity index (χ4v) is 10.4. The Labute approximate surface area is 305 Å². The van der Waals surface area contributed by atoms with Crippen molar-refractivity contribution in [2.75, 3.05) is 0 Å². The molecular weight excluding hydrogens is 723 g/mol. The summed E-state index contributed by atoms with van der Waals surface area (Å²) in [5, 5.41) is 22.2. The van der Waals surface area contributed by atoms with Gasteiger partial charge in [-0.1, -0.05) is 74.9 Å². The Balaban J connectivity index is 0.000000164. The number of aliphatic carboxylic acids is 1. The Morgan fingerprint density at radius 1 is 0.547 bits per heavy atom. The third kappa shape index (κ3) is 7.02. The van der Waals surface area contributed by atoms with E-state index in [9.17, 15) is 31.5 Å². The van der Waals surface area contributed by atoms with Gasteiger partial charge in [0.25, 0.3) is 5.91 Å². The number of furan rings is 2. The molecule has 6 aromatic rings. The molecule has 5 N–H and O–H groups in total. The molecule has 2 aliphatic rings. The van der Waals surface area contributed by atoms with E-state index in [2.05, 4.69) is 9.44 Å². The van der Waals surface area contributed by atoms with Crippen LogP contribution in [0.15, 0.2) is 104 Å². The zero-order valence-corrected chi connectivity index (χ0v) is 30.3. The van der Waals surface area contributed by atoms with Gasteiger partial charge in [-0.2, -0.15) is 9.44 Å². The van der Waals surface area contributed by atoms with Gasteiger partial charge in [0.15, 0.2) is 0 Å². The predicted molar refractivity (Wildman–Crippen MR) is 197 cm³/mol. The number of hydrogen-bond acceptors (Lipinski definition) is 9. The van der Waals surface area contributed by atoms with Gasteiger partial charge < -0.3 is 13.9 Å². The SMILES string of the molecule is O=C(NO)C1(NS(=O)(=O)c2ccc3c(c2)oc2ccccc23)CCCCC1.O=C(O)C1(NS(=O)(=O)c2ccc3c(c2)oc2ccccc23)CCCCC1. The number of para-hydroxylation sites is 2. The van der Waals surface area contributed by atoms with Crippen LogP contribution in [0.1, 0.15) is 64.2 Å². The van der Waals surface area contributed by atoms with Gasteiger partial charge in [0.1, 0.15) is 33.4 Å². The van der Waals surface area contributed by atoms with Crippen molar-refractivity contribution >= 4 is 75.8 Å². The van der Waals surface area contributed by atoms with Crippen molar-refractivity contribution in [3.8, 4) is 0 Å². The molecule has 2 aromatic heterocycles. The van der Waals surface area contributed by atoms with Crippen molar-refractivity contribution in [2.45, 2.75) is 85.1 Å². The lowest BCUT2D eigenvalue weighted by Crippen LogP contribution is -2.59. The Bertz CT molecular complexity index is 2560. The maximum absolute atomic E-state index is 13.0. The number of rotatable bonds is 8. The molecule has 0 saturated heterocycles. The third-order valence-corrected chi connectivity index (χ3v) is 13.4. The van der Waals surface area contributed by atoms with Gasteiger partial charge in [0.2, 0.25) is 20.0 Å². The van der Waals surface area contributed by atoms with Crippen LogP contribution in [0.2, 0.25) is 0 Å². The molecule has 0 aliphatic heterocycles. The standard InChI is InChI=1S/C19H20N2O5S.C19H19NO5S/c22-18(20-23)19(10-4-1-5-11-19)21-27(24,25)13-8-9-15-14-6-2-3-7-16(14)26-17(15)12-13;21-18(22)19(10-4-1-5-11-19)20-26(23,24)13-8-9-15-14-6-2-3-7-16(14)25-17(15)12-13/h2-3,6-9,12,21,23H,1,4-5,10-11H2,(H,20,22);2-3,6-9,12,20H,1,4-5,10-11H2,(H,21,22). The summed E-state index contributed by atoms with van der Waals surface area (Å²) in [5.74, 6) is -1.85. The number of fused-ring (bicyclic) bond motifs is 6. The maximum atomic E-state index is 13.0. The monoisotopic (exact) mass is 761 g/mol. The highest BCUT2D eigenvalue weighted by molar-refractivity contribution is 7.89. The minimum atomic E-state index is -3.98. The quantitative estimate of drug-likeness (QED) is 0.0817. The second-order valence-corrected chi connectivity index (χ2v) is 17.1. The number of hydroxylamine groups is 1. The van der Waals surface area contributed by atoms with E-state index >= 15 is 0 Å². The number of carbonyl (C=O) groups excluding carboxylic acids is 1. The van der Waals surface area contributed by atoms with Gasteiger partial charge >= 0.3 is 5.97 Å². The van der Waals surface area contributed by atoms with Crippen molar-refractivity contribution in [3.63, 3.8) is 0 Å². The molecule has 278 valence electrons. The van der Waals surface area contributed by atoms with Crippen LogP contribution in [0.3, 0.4) is 0 Å². The van der Waals surface area contributed by atoms with Crippen LogP contribution >= 0.6 is 0 Å². The molecule has 8 rings (SSSR count). The highest BCUT2D eigenvalue weighted by Gasteiger charge is 2.44. The summed E-state index contributed by atoms with van der Waals surface area (Å²) in [6.45, 7) is 0. The molecule has 4 aromatic carbocycles. The van der Waals surface area contributed by atoms with Crippen LogP contribution in [0, 0.1) is 0 Å². The maximum Gasteiger partial charge on any atom is 0.324 e. The van der Waals surface area contributed by atoms with E-state index < -0.39 is 43.0 Å². The largest absolute Gasteiger partial charge is 0.480 e. The molecule has 2 saturated carbocycles. The van der Waals surface area contributed by atoms with Gasteiger partial charge in [-0.25, -0.2) is 22.3 Å². The minimum absolute atomic E-state index is 0.00949. The molecule has 2 aliphatic carbocycles. The average Bonchev–Trinajstić information content (AvgIpc) is 3.73. The smallest absolute Gasteiger partial charge is 0.324 e. The topological polar surface area (TPSA) is 205 Å². The second-order valence-electron chi connectivity index (χ2n) is 13.8. The van der Waals surface area contributed by atoms with Gasteiger partial charge in [-0.05, 0) is 62.1 Å². The van der Waals surface area contributed by atoms with E-state index in [1.54, 1.807) is 17.6 Å². The molecule has 0 spiro atoms. The lowest BCUT2D eigenvalue weighted by Gasteiger charge is -2.35. The first-order chi connectivity index (χ1) is 25.4. The fourth-order valence-electron chi connectivity index (χ4n) is 7.53. The average molecular weight is 762 g/mol. The van der Waals surface area contributed by atoms with Crippen molar-refractivity contribution < 1.29 is 45.6 Å². The van der Waals surface area contributed by atoms with E-state index in [0.717, 1.165) is 34.4 Å². The highest BCUT2D eigenvalue weighted by Crippen LogP contribution is 2.35. The van der Waals surface area contributed by atoms with Gasteiger partial charge in [-0.15, -0.1) is 0 Å². The van der Waals surface area contributed by atoms with Crippen LogP contribution in [-0.4, -0.2) is 50.1 Å². The number of amides is 1. The number of carbonyl (C=O) groups is 2. The molecular formula is C38H39N3O10S2. The molecule has 0 atom stereocenters. The molecule has 13 nitrogen and oxygen atoms in total. The van der Waals surface area contributed by atoms with E-state index in [1.165, 1.54) is 24.3 Å². The lowest BCUT2D eigenvalue weighted by molar-refractivity contribution is -0.145. The Morgan fingerprint density at radius 2 is 0.943 bits per heavy atom. The van der Waals surface area contributed by atoms with E-state index in [-0.39, 0.29) is 9.79 Å². The fraction of sp³-hybridized carbons (Fsp3) is 0.316. The summed E-state index contributed by atoms with van der Waals surface area (Å²) in [6.07, 6.45) is 5.92. The van der Waals surface area contributed by atoms with Gasteiger partial charge in [-0.3, -0.25) is 14.8 Å². The zero-order valence-electron chi connectivity index (χ0n) is 28.6. The Kier molecular flexibility index (Phi) is 9.80. The first-order valence-electron chi connectivity index (χ1n) is 17.5. The van der Waals surface area contributed by atoms with Crippen molar-refractivity contribution in [1.29, 1.82) is 0 Å². The highest BCUT2D eigenvalue weighted by atomic mass is 32.2. The summed E-state index contributed by atoms with van der Waals surface area (Å²) in [5.41, 5.74) is 1.12. The molecule has 0 bridgehead atoms. The Morgan fingerprint density at radius 3 is 1.38 bits per heavy atom. The normalized spacial score (nSPS) is 17.4. The van der Waals surface area contributed by atoms with E-state index in [4.69, 9.17) is 14.0 Å².